The second kappa shape index (κ2) is 6.42. The molecule has 0 saturated carbocycles. The fourth-order valence-corrected chi connectivity index (χ4v) is 2.53. The zero-order chi connectivity index (χ0) is 14.5. The minimum Gasteiger partial charge on any atom is -0.465 e. The lowest BCUT2D eigenvalue weighted by molar-refractivity contribution is -0.141. The first-order chi connectivity index (χ1) is 8.90. The van der Waals surface area contributed by atoms with Gasteiger partial charge >= 0.3 is 5.97 Å². The molecule has 0 spiro atoms. The fraction of sp³-hybridized carbons (Fsp3) is 0.417. The predicted molar refractivity (Wildman–Crippen MR) is 74.3 cm³/mol. The van der Waals surface area contributed by atoms with Gasteiger partial charge in [-0.05, 0) is 38.1 Å². The van der Waals surface area contributed by atoms with Gasteiger partial charge in [-0.3, -0.25) is 9.10 Å². The second-order valence-corrected chi connectivity index (χ2v) is 5.99. The molecule has 0 amide bonds. The Morgan fingerprint density at radius 2 is 1.84 bits per heavy atom. The molecule has 2 N–H and O–H groups in total. The molecule has 0 unspecified atom stereocenters. The number of hydrogen-bond donors (Lipinski definition) is 1. The van der Waals surface area contributed by atoms with Gasteiger partial charge in [0.15, 0.2) is 0 Å². The van der Waals surface area contributed by atoms with Crippen LogP contribution in [0.3, 0.4) is 0 Å². The molecule has 1 aromatic carbocycles. The number of ether oxygens (including phenoxy) is 1. The number of hydrogen-bond acceptors (Lipinski definition) is 5. The number of esters is 1. The maximum absolute atomic E-state index is 12.0. The number of sulfonamides is 1. The molecular formula is C12H18N2O4S. The lowest BCUT2D eigenvalue weighted by Gasteiger charge is -2.22. The summed E-state index contributed by atoms with van der Waals surface area (Å²) in [5.74, 6) is -0.687. The van der Waals surface area contributed by atoms with E-state index in [9.17, 15) is 13.2 Å². The Labute approximate surface area is 113 Å². The number of benzene rings is 1. The SMILES string of the molecule is CCOC(=O)CN(c1ccc(N)cc1)S(=O)(=O)CC. The van der Waals surface area contributed by atoms with Gasteiger partial charge in [0.2, 0.25) is 10.0 Å². The van der Waals surface area contributed by atoms with Crippen molar-refractivity contribution < 1.29 is 17.9 Å². The van der Waals surface area contributed by atoms with Crippen molar-refractivity contribution in [3.8, 4) is 0 Å². The summed E-state index contributed by atoms with van der Waals surface area (Å²) in [4.78, 5) is 11.5. The maximum Gasteiger partial charge on any atom is 0.326 e. The summed E-state index contributed by atoms with van der Waals surface area (Å²) >= 11 is 0. The van der Waals surface area contributed by atoms with Crippen molar-refractivity contribution in [1.82, 2.24) is 0 Å². The first-order valence-electron chi connectivity index (χ1n) is 5.92. The highest BCUT2D eigenvalue weighted by atomic mass is 32.2. The van der Waals surface area contributed by atoms with Crippen LogP contribution >= 0.6 is 0 Å². The van der Waals surface area contributed by atoms with Crippen LogP contribution in [0.4, 0.5) is 11.4 Å². The van der Waals surface area contributed by atoms with E-state index in [2.05, 4.69) is 0 Å². The Balaban J connectivity index is 3.06. The van der Waals surface area contributed by atoms with Gasteiger partial charge in [-0.25, -0.2) is 8.42 Å². The summed E-state index contributed by atoms with van der Waals surface area (Å²) in [6.45, 7) is 3.05. The number of anilines is 2. The van der Waals surface area contributed by atoms with E-state index in [1.165, 1.54) is 6.92 Å². The molecule has 0 atom stereocenters. The quantitative estimate of drug-likeness (QED) is 0.622. The highest BCUT2D eigenvalue weighted by molar-refractivity contribution is 7.92. The average Bonchev–Trinajstić information content (AvgIpc) is 2.37. The summed E-state index contributed by atoms with van der Waals surface area (Å²) in [6.07, 6.45) is 0. The summed E-state index contributed by atoms with van der Waals surface area (Å²) in [6, 6.07) is 6.28. The van der Waals surface area contributed by atoms with E-state index in [1.807, 2.05) is 0 Å². The normalized spacial score (nSPS) is 11.1. The lowest BCUT2D eigenvalue weighted by atomic mass is 10.3. The Morgan fingerprint density at radius 1 is 1.26 bits per heavy atom. The molecule has 19 heavy (non-hydrogen) atoms. The van der Waals surface area contributed by atoms with Gasteiger partial charge in [0.1, 0.15) is 6.54 Å². The fourth-order valence-electron chi connectivity index (χ4n) is 1.47. The Morgan fingerprint density at radius 3 is 2.32 bits per heavy atom. The van der Waals surface area contributed by atoms with E-state index >= 15 is 0 Å². The number of carbonyl (C=O) groups is 1. The molecule has 0 radical (unpaired) electrons. The molecule has 6 nitrogen and oxygen atoms in total. The molecule has 0 aliphatic carbocycles. The number of carbonyl (C=O) groups excluding carboxylic acids is 1. The van der Waals surface area contributed by atoms with Crippen molar-refractivity contribution in [2.75, 3.05) is 28.9 Å². The highest BCUT2D eigenvalue weighted by Crippen LogP contribution is 2.20. The van der Waals surface area contributed by atoms with Crippen molar-refractivity contribution in [2.24, 2.45) is 0 Å². The van der Waals surface area contributed by atoms with Gasteiger partial charge in [0.05, 0.1) is 18.0 Å². The molecule has 0 bridgehead atoms. The third-order valence-electron chi connectivity index (χ3n) is 2.46. The summed E-state index contributed by atoms with van der Waals surface area (Å²) in [7, 11) is -3.55. The van der Waals surface area contributed by atoms with Crippen LogP contribution in [0.15, 0.2) is 24.3 Å². The third-order valence-corrected chi connectivity index (χ3v) is 4.20. The first kappa shape index (κ1) is 15.3. The second-order valence-electron chi connectivity index (χ2n) is 3.80. The van der Waals surface area contributed by atoms with Crippen LogP contribution in [0, 0.1) is 0 Å². The largest absolute Gasteiger partial charge is 0.465 e. The molecule has 0 aromatic heterocycles. The Kier molecular flexibility index (Phi) is 5.17. The number of nitrogens with two attached hydrogens (primary N) is 1. The van der Waals surface area contributed by atoms with E-state index < -0.39 is 16.0 Å². The highest BCUT2D eigenvalue weighted by Gasteiger charge is 2.23. The van der Waals surface area contributed by atoms with Crippen LogP contribution < -0.4 is 10.0 Å². The molecule has 0 saturated heterocycles. The van der Waals surface area contributed by atoms with E-state index in [0.717, 1.165) is 4.31 Å². The summed E-state index contributed by atoms with van der Waals surface area (Å²) in [5.41, 5.74) is 6.47. The molecule has 0 fully saturated rings. The maximum atomic E-state index is 12.0. The van der Waals surface area contributed by atoms with E-state index in [1.54, 1.807) is 31.2 Å². The number of nitrogen functional groups attached to an aromatic ring is 1. The molecule has 1 aromatic rings. The van der Waals surface area contributed by atoms with Crippen molar-refractivity contribution in [1.29, 1.82) is 0 Å². The number of nitrogens with zero attached hydrogens (tertiary/aromatic N) is 1. The van der Waals surface area contributed by atoms with Crippen LogP contribution in [-0.2, 0) is 19.6 Å². The van der Waals surface area contributed by atoms with Gasteiger partial charge in [-0.1, -0.05) is 0 Å². The molecule has 0 heterocycles. The molecule has 1 rings (SSSR count). The Bertz CT molecular complexity index is 525. The molecular weight excluding hydrogens is 268 g/mol. The standard InChI is InChI=1S/C12H18N2O4S/c1-3-18-12(15)9-14(19(16,17)4-2)11-7-5-10(13)6-8-11/h5-8H,3-4,9,13H2,1-2H3. The van der Waals surface area contributed by atoms with Crippen molar-refractivity contribution >= 4 is 27.4 Å². The van der Waals surface area contributed by atoms with Gasteiger partial charge in [-0.2, -0.15) is 0 Å². The first-order valence-corrected chi connectivity index (χ1v) is 7.53. The zero-order valence-corrected chi connectivity index (χ0v) is 11.8. The van der Waals surface area contributed by atoms with Crippen LogP contribution in [0.25, 0.3) is 0 Å². The Hall–Kier alpha value is -1.76. The minimum atomic E-state index is -3.55. The average molecular weight is 286 g/mol. The van der Waals surface area contributed by atoms with Gasteiger partial charge in [-0.15, -0.1) is 0 Å². The molecule has 0 aliphatic heterocycles. The topological polar surface area (TPSA) is 89.7 Å². The molecule has 7 heteroatoms. The van der Waals surface area contributed by atoms with Crippen LogP contribution in [0.1, 0.15) is 13.8 Å². The summed E-state index contributed by atoms with van der Waals surface area (Å²) < 4.78 is 29.8. The molecule has 106 valence electrons. The lowest BCUT2D eigenvalue weighted by Crippen LogP contribution is -2.37. The van der Waals surface area contributed by atoms with Crippen molar-refractivity contribution in [3.63, 3.8) is 0 Å². The van der Waals surface area contributed by atoms with Gasteiger partial charge in [0, 0.05) is 5.69 Å². The van der Waals surface area contributed by atoms with Gasteiger partial charge < -0.3 is 10.5 Å². The van der Waals surface area contributed by atoms with Crippen LogP contribution in [-0.4, -0.2) is 33.3 Å². The molecule has 0 aliphatic rings. The number of rotatable bonds is 6. The van der Waals surface area contributed by atoms with Crippen molar-refractivity contribution in [2.45, 2.75) is 13.8 Å². The van der Waals surface area contributed by atoms with E-state index in [0.29, 0.717) is 11.4 Å². The van der Waals surface area contributed by atoms with Gasteiger partial charge in [0.25, 0.3) is 0 Å². The van der Waals surface area contributed by atoms with Crippen LogP contribution in [0.2, 0.25) is 0 Å². The third kappa shape index (κ3) is 4.13. The van der Waals surface area contributed by atoms with E-state index in [-0.39, 0.29) is 18.9 Å². The zero-order valence-electron chi connectivity index (χ0n) is 11.0. The van der Waals surface area contributed by atoms with Crippen LogP contribution in [0.5, 0.6) is 0 Å². The monoisotopic (exact) mass is 286 g/mol. The van der Waals surface area contributed by atoms with Crippen molar-refractivity contribution in [3.05, 3.63) is 24.3 Å². The minimum absolute atomic E-state index is 0.100. The van der Waals surface area contributed by atoms with E-state index in [4.69, 9.17) is 10.5 Å². The smallest absolute Gasteiger partial charge is 0.326 e. The predicted octanol–water partition coefficient (Wildman–Crippen LogP) is 0.988. The summed E-state index contributed by atoms with van der Waals surface area (Å²) in [5, 5.41) is 0.